The molecule has 8 nitrogen and oxygen atoms in total. The highest BCUT2D eigenvalue weighted by Crippen LogP contribution is 2.36. The zero-order chi connectivity index (χ0) is 22.6. The van der Waals surface area contributed by atoms with Crippen LogP contribution < -0.4 is 15.4 Å². The predicted octanol–water partition coefficient (Wildman–Crippen LogP) is 3.41. The quantitative estimate of drug-likeness (QED) is 0.497. The van der Waals surface area contributed by atoms with Gasteiger partial charge in [0.2, 0.25) is 12.4 Å². The first-order valence-corrected chi connectivity index (χ1v) is 9.00. The van der Waals surface area contributed by atoms with Crippen molar-refractivity contribution in [3.63, 3.8) is 0 Å². The van der Waals surface area contributed by atoms with E-state index in [0.29, 0.717) is 24.7 Å². The molecule has 2 heterocycles. The lowest BCUT2D eigenvalue weighted by Gasteiger charge is -2.30. The highest BCUT2D eigenvalue weighted by Gasteiger charge is 2.35. The zero-order valence-corrected chi connectivity index (χ0v) is 16.1. The van der Waals surface area contributed by atoms with E-state index >= 15 is 0 Å². The summed E-state index contributed by atoms with van der Waals surface area (Å²) < 4.78 is 75.0. The third kappa shape index (κ3) is 5.48. The van der Waals surface area contributed by atoms with Crippen molar-refractivity contribution in [2.45, 2.75) is 18.9 Å². The third-order valence-electron chi connectivity index (χ3n) is 4.42. The Bertz CT molecular complexity index is 928. The van der Waals surface area contributed by atoms with Gasteiger partial charge in [-0.05, 0) is 17.7 Å². The second kappa shape index (κ2) is 9.29. The molecule has 31 heavy (non-hydrogen) atoms. The Kier molecular flexibility index (Phi) is 6.73. The summed E-state index contributed by atoms with van der Waals surface area (Å²) in [6.45, 7) is -2.23. The number of alkyl halides is 5. The van der Waals surface area contributed by atoms with E-state index in [1.165, 1.54) is 24.1 Å². The second-order valence-corrected chi connectivity index (χ2v) is 6.42. The Morgan fingerprint density at radius 2 is 2.13 bits per heavy atom. The minimum Gasteiger partial charge on any atom is -0.433 e. The largest absolute Gasteiger partial charge is 0.433 e. The lowest BCUT2D eigenvalue weighted by Crippen LogP contribution is -2.37. The molecule has 0 aliphatic carbocycles. The maximum absolute atomic E-state index is 13.0. The number of morpholine rings is 1. The van der Waals surface area contributed by atoms with E-state index < -0.39 is 30.3 Å². The van der Waals surface area contributed by atoms with Gasteiger partial charge in [-0.15, -0.1) is 0 Å². The molecule has 1 fully saturated rings. The van der Waals surface area contributed by atoms with Crippen LogP contribution in [0.4, 0.5) is 39.4 Å². The van der Waals surface area contributed by atoms with Crippen LogP contribution in [0.15, 0.2) is 24.4 Å². The molecule has 1 aliphatic rings. The molecular formula is C18H18F5N5O3. The SMILES string of the molecule is CNc1nc(Nc2ccc(C3CN(C=O)CCO3)cc2OC(F)F)ncc1C(F)(F)F. The number of rotatable bonds is 7. The zero-order valence-electron chi connectivity index (χ0n) is 16.1. The molecule has 1 aromatic heterocycles. The fourth-order valence-electron chi connectivity index (χ4n) is 2.96. The first kappa shape index (κ1) is 22.5. The fraction of sp³-hybridized carbons (Fsp3) is 0.389. The predicted molar refractivity (Wildman–Crippen MR) is 99.3 cm³/mol. The Morgan fingerprint density at radius 3 is 2.77 bits per heavy atom. The van der Waals surface area contributed by atoms with E-state index in [0.717, 1.165) is 0 Å². The smallest absolute Gasteiger partial charge is 0.421 e. The van der Waals surface area contributed by atoms with Gasteiger partial charge in [-0.25, -0.2) is 4.98 Å². The van der Waals surface area contributed by atoms with Crippen LogP contribution in [0.5, 0.6) is 5.75 Å². The number of hydrogen-bond acceptors (Lipinski definition) is 7. The standard InChI is InChI=1S/C18H18F5N5O3/c1-24-15-11(18(21,22)23)7-25-17(27-15)26-12-3-2-10(6-13(12)31-16(19)20)14-8-28(9-29)4-5-30-14/h2-3,6-7,9,14,16H,4-5,8H2,1H3,(H2,24,25,26,27). The number of aromatic nitrogens is 2. The van der Waals surface area contributed by atoms with Crippen LogP contribution in [0.1, 0.15) is 17.2 Å². The molecule has 3 rings (SSSR count). The van der Waals surface area contributed by atoms with Crippen molar-refractivity contribution in [3.8, 4) is 5.75 Å². The van der Waals surface area contributed by atoms with Crippen molar-refractivity contribution >= 4 is 23.9 Å². The average molecular weight is 447 g/mol. The minimum atomic E-state index is -4.67. The summed E-state index contributed by atoms with van der Waals surface area (Å²) in [6, 6.07) is 4.25. The molecule has 1 atom stereocenters. The molecule has 2 N–H and O–H groups in total. The molecule has 0 bridgehead atoms. The lowest BCUT2D eigenvalue weighted by atomic mass is 10.1. The van der Waals surface area contributed by atoms with Crippen LogP contribution in [-0.2, 0) is 15.7 Å². The summed E-state index contributed by atoms with van der Waals surface area (Å²) in [7, 11) is 1.26. The highest BCUT2D eigenvalue weighted by atomic mass is 19.4. The number of ether oxygens (including phenoxy) is 2. The lowest BCUT2D eigenvalue weighted by molar-refractivity contribution is -0.137. The monoisotopic (exact) mass is 447 g/mol. The molecule has 1 amide bonds. The van der Waals surface area contributed by atoms with E-state index in [9.17, 15) is 26.7 Å². The number of halogens is 5. The summed E-state index contributed by atoms with van der Waals surface area (Å²) in [6.07, 6.45) is -3.97. The van der Waals surface area contributed by atoms with Gasteiger partial charge in [0.1, 0.15) is 23.2 Å². The van der Waals surface area contributed by atoms with Gasteiger partial charge in [-0.2, -0.15) is 26.9 Å². The number of benzene rings is 1. The van der Waals surface area contributed by atoms with Gasteiger partial charge in [0.05, 0.1) is 18.8 Å². The summed E-state index contributed by atoms with van der Waals surface area (Å²) in [5.74, 6) is -1.03. The highest BCUT2D eigenvalue weighted by molar-refractivity contribution is 5.65. The number of carbonyl (C=O) groups excluding carboxylic acids is 1. The van der Waals surface area contributed by atoms with Gasteiger partial charge < -0.3 is 25.0 Å². The van der Waals surface area contributed by atoms with Crippen molar-refractivity contribution in [2.75, 3.05) is 37.4 Å². The molecule has 1 aromatic carbocycles. The molecule has 0 saturated carbocycles. The van der Waals surface area contributed by atoms with Crippen LogP contribution >= 0.6 is 0 Å². The Hall–Kier alpha value is -3.22. The van der Waals surface area contributed by atoms with E-state index in [-0.39, 0.29) is 30.5 Å². The molecular weight excluding hydrogens is 429 g/mol. The van der Waals surface area contributed by atoms with Crippen LogP contribution in [-0.4, -0.2) is 54.6 Å². The van der Waals surface area contributed by atoms with E-state index in [4.69, 9.17) is 4.74 Å². The first-order chi connectivity index (χ1) is 14.7. The number of amides is 1. The average Bonchev–Trinajstić information content (AvgIpc) is 2.73. The van der Waals surface area contributed by atoms with Crippen molar-refractivity contribution < 1.29 is 36.2 Å². The van der Waals surface area contributed by atoms with Crippen molar-refractivity contribution in [1.29, 1.82) is 0 Å². The second-order valence-electron chi connectivity index (χ2n) is 6.42. The molecule has 0 spiro atoms. The first-order valence-electron chi connectivity index (χ1n) is 9.00. The van der Waals surface area contributed by atoms with Crippen LogP contribution in [0.25, 0.3) is 0 Å². The molecule has 1 saturated heterocycles. The van der Waals surface area contributed by atoms with Crippen molar-refractivity contribution in [1.82, 2.24) is 14.9 Å². The van der Waals surface area contributed by atoms with Gasteiger partial charge in [-0.3, -0.25) is 4.79 Å². The maximum Gasteiger partial charge on any atom is 0.421 e. The third-order valence-corrected chi connectivity index (χ3v) is 4.42. The Morgan fingerprint density at radius 1 is 1.35 bits per heavy atom. The minimum absolute atomic E-state index is 0.00825. The molecule has 168 valence electrons. The van der Waals surface area contributed by atoms with Crippen molar-refractivity contribution in [3.05, 3.63) is 35.5 Å². The van der Waals surface area contributed by atoms with Gasteiger partial charge in [0.25, 0.3) is 0 Å². The molecule has 1 aliphatic heterocycles. The molecule has 2 aromatic rings. The van der Waals surface area contributed by atoms with Gasteiger partial charge in [0.15, 0.2) is 0 Å². The summed E-state index contributed by atoms with van der Waals surface area (Å²) >= 11 is 0. The normalized spacial score (nSPS) is 16.9. The van der Waals surface area contributed by atoms with E-state index in [1.807, 2.05) is 0 Å². The van der Waals surface area contributed by atoms with Crippen LogP contribution in [0.2, 0.25) is 0 Å². The van der Waals surface area contributed by atoms with Crippen molar-refractivity contribution in [2.24, 2.45) is 0 Å². The summed E-state index contributed by atoms with van der Waals surface area (Å²) in [5.41, 5.74) is -0.583. The summed E-state index contributed by atoms with van der Waals surface area (Å²) in [4.78, 5) is 19.8. The van der Waals surface area contributed by atoms with Gasteiger partial charge in [-0.1, -0.05) is 6.07 Å². The topological polar surface area (TPSA) is 88.6 Å². The number of anilines is 3. The number of nitrogens with zero attached hydrogens (tertiary/aromatic N) is 3. The van der Waals surface area contributed by atoms with E-state index in [2.05, 4.69) is 25.3 Å². The van der Waals surface area contributed by atoms with Crippen LogP contribution in [0, 0.1) is 0 Å². The Balaban J connectivity index is 1.89. The van der Waals surface area contributed by atoms with Gasteiger partial charge in [0, 0.05) is 19.8 Å². The van der Waals surface area contributed by atoms with Gasteiger partial charge >= 0.3 is 12.8 Å². The number of carbonyl (C=O) groups is 1. The Labute approximate surface area is 173 Å². The number of nitrogens with one attached hydrogen (secondary N) is 2. The molecule has 13 heteroatoms. The number of hydrogen-bond donors (Lipinski definition) is 2. The molecule has 1 unspecified atom stereocenters. The van der Waals surface area contributed by atoms with Crippen LogP contribution in [0.3, 0.4) is 0 Å². The van der Waals surface area contributed by atoms with E-state index in [1.54, 1.807) is 6.07 Å². The molecule has 0 radical (unpaired) electrons. The summed E-state index contributed by atoms with van der Waals surface area (Å²) in [5, 5.41) is 4.91. The maximum atomic E-state index is 13.0. The fourth-order valence-corrected chi connectivity index (χ4v) is 2.96.